The summed E-state index contributed by atoms with van der Waals surface area (Å²) in [5.41, 5.74) is 0.309. The van der Waals surface area contributed by atoms with E-state index in [0.717, 1.165) is 12.1 Å². The molecule has 1 rings (SSSR count). The highest BCUT2D eigenvalue weighted by atomic mass is 35.5. The van der Waals surface area contributed by atoms with Crippen molar-refractivity contribution in [3.05, 3.63) is 22.7 Å². The first-order chi connectivity index (χ1) is 12.7. The molecule has 0 saturated carbocycles. The van der Waals surface area contributed by atoms with Crippen molar-refractivity contribution in [3.63, 3.8) is 0 Å². The summed E-state index contributed by atoms with van der Waals surface area (Å²) in [5, 5.41) is 11.0. The van der Waals surface area contributed by atoms with E-state index >= 15 is 0 Å². The minimum atomic E-state index is -6.51. The quantitative estimate of drug-likeness (QED) is 0.263. The van der Waals surface area contributed by atoms with Gasteiger partial charge in [-0.15, -0.1) is 0 Å². The number of halogens is 8. The third-order valence-corrected chi connectivity index (χ3v) is 3.12. The molecule has 0 aromatic heterocycles. The molecule has 0 spiro atoms. The van der Waals surface area contributed by atoms with E-state index in [4.69, 9.17) is 26.2 Å². The normalized spacial score (nSPS) is 12.9. The lowest BCUT2D eigenvalue weighted by molar-refractivity contribution is -0.361. The van der Waals surface area contributed by atoms with Crippen molar-refractivity contribution in [2.24, 2.45) is 5.10 Å². The number of alkyl halides is 7. The summed E-state index contributed by atoms with van der Waals surface area (Å²) in [6.07, 6.45) is -6.02. The highest BCUT2D eigenvalue weighted by molar-refractivity contribution is 6.32. The maximum absolute atomic E-state index is 13.1. The van der Waals surface area contributed by atoms with Gasteiger partial charge in [-0.3, -0.25) is 0 Å². The van der Waals surface area contributed by atoms with Gasteiger partial charge in [-0.25, -0.2) is 10.2 Å². The van der Waals surface area contributed by atoms with E-state index in [1.807, 2.05) is 0 Å². The predicted octanol–water partition coefficient (Wildman–Crippen LogP) is 3.92. The van der Waals surface area contributed by atoms with Gasteiger partial charge in [0.05, 0.1) is 17.8 Å². The molecule has 0 atom stereocenters. The second kappa shape index (κ2) is 8.71. The monoisotopic (exact) mass is 440 g/mol. The Kier molecular flexibility index (Phi) is 7.34. The average Bonchev–Trinajstić information content (AvgIpc) is 2.52. The van der Waals surface area contributed by atoms with E-state index in [1.165, 1.54) is 6.92 Å². The first-order valence-corrected chi connectivity index (χ1v) is 7.54. The standard InChI is InChI=1S/C14H12ClF7N2O4/c1-2-27-9-4-7(3-8(15)11(9)28-6-10(25)26)5-23-24-14(21,22)12(16,17)13(18,19)20/h3-5,24H,2,6H2,1H3,(H,25,26)/b23-5+. The molecule has 0 radical (unpaired) electrons. The summed E-state index contributed by atoms with van der Waals surface area (Å²) >= 11 is 5.86. The van der Waals surface area contributed by atoms with Crippen LogP contribution in [0.15, 0.2) is 17.2 Å². The van der Waals surface area contributed by atoms with E-state index in [2.05, 4.69) is 5.10 Å². The fourth-order valence-electron chi connectivity index (χ4n) is 1.64. The molecule has 28 heavy (non-hydrogen) atoms. The molecule has 0 aliphatic carbocycles. The lowest BCUT2D eigenvalue weighted by Crippen LogP contribution is -2.58. The number of carbonyl (C=O) groups is 1. The van der Waals surface area contributed by atoms with E-state index in [1.54, 1.807) is 0 Å². The van der Waals surface area contributed by atoms with Gasteiger partial charge < -0.3 is 14.6 Å². The van der Waals surface area contributed by atoms with Gasteiger partial charge in [0.15, 0.2) is 18.1 Å². The summed E-state index contributed by atoms with van der Waals surface area (Å²) < 4.78 is 97.8. The van der Waals surface area contributed by atoms with Gasteiger partial charge in [-0.05, 0) is 24.6 Å². The Bertz CT molecular complexity index is 741. The molecule has 0 bridgehead atoms. The number of carboxylic acid groups (broad SMARTS) is 1. The molecular weight excluding hydrogens is 429 g/mol. The highest BCUT2D eigenvalue weighted by Gasteiger charge is 2.73. The van der Waals surface area contributed by atoms with Gasteiger partial charge in [-0.1, -0.05) is 11.6 Å². The molecule has 6 nitrogen and oxygen atoms in total. The van der Waals surface area contributed by atoms with Gasteiger partial charge in [-0.2, -0.15) is 35.8 Å². The number of benzene rings is 1. The Morgan fingerprint density at radius 2 is 1.82 bits per heavy atom. The molecule has 14 heteroatoms. The molecule has 0 saturated heterocycles. The van der Waals surface area contributed by atoms with Gasteiger partial charge >= 0.3 is 24.1 Å². The Balaban J connectivity index is 3.07. The number of hydrogen-bond acceptors (Lipinski definition) is 5. The fourth-order valence-corrected chi connectivity index (χ4v) is 1.91. The number of hydrogen-bond donors (Lipinski definition) is 2. The molecule has 0 aliphatic rings. The van der Waals surface area contributed by atoms with Crippen LogP contribution >= 0.6 is 11.6 Å². The largest absolute Gasteiger partial charge is 0.490 e. The van der Waals surface area contributed by atoms with E-state index in [9.17, 15) is 35.5 Å². The number of rotatable bonds is 9. The number of nitrogens with one attached hydrogen (secondary N) is 1. The third kappa shape index (κ3) is 5.53. The van der Waals surface area contributed by atoms with Crippen molar-refractivity contribution in [2.45, 2.75) is 25.1 Å². The maximum atomic E-state index is 13.1. The van der Waals surface area contributed by atoms with Crippen LogP contribution in [0.5, 0.6) is 11.5 Å². The molecule has 0 heterocycles. The van der Waals surface area contributed by atoms with Crippen molar-refractivity contribution < 1.29 is 50.1 Å². The Hall–Kier alpha value is -2.44. The zero-order valence-electron chi connectivity index (χ0n) is 13.8. The number of carboxylic acids is 1. The minimum absolute atomic E-state index is 0.0501. The van der Waals surface area contributed by atoms with Crippen LogP contribution in [-0.4, -0.2) is 48.6 Å². The molecular formula is C14H12ClF7N2O4. The van der Waals surface area contributed by atoms with Crippen LogP contribution in [0.4, 0.5) is 30.7 Å². The van der Waals surface area contributed by atoms with Gasteiger partial charge in [0.1, 0.15) is 0 Å². The number of hydrazone groups is 1. The summed E-state index contributed by atoms with van der Waals surface area (Å²) in [6.45, 7) is 0.805. The van der Waals surface area contributed by atoms with Crippen molar-refractivity contribution in [2.75, 3.05) is 13.2 Å². The number of ether oxygens (including phenoxy) is 2. The molecule has 2 N–H and O–H groups in total. The average molecular weight is 441 g/mol. The SMILES string of the molecule is CCOc1cc(/C=N/NC(F)(F)C(F)(F)C(F)(F)F)cc(Cl)c1OCC(=O)O. The Morgan fingerprint density at radius 3 is 2.32 bits per heavy atom. The van der Waals surface area contributed by atoms with Crippen molar-refractivity contribution in [1.29, 1.82) is 0 Å². The van der Waals surface area contributed by atoms with Crippen LogP contribution in [0.25, 0.3) is 0 Å². The van der Waals surface area contributed by atoms with Crippen molar-refractivity contribution >= 4 is 23.8 Å². The summed E-state index contributed by atoms with van der Waals surface area (Å²) in [5.74, 6) is -8.05. The minimum Gasteiger partial charge on any atom is -0.490 e. The lowest BCUT2D eigenvalue weighted by atomic mass is 10.2. The van der Waals surface area contributed by atoms with Crippen LogP contribution < -0.4 is 14.9 Å². The molecule has 158 valence electrons. The second-order valence-corrected chi connectivity index (χ2v) is 5.37. The lowest BCUT2D eigenvalue weighted by Gasteiger charge is -2.27. The fraction of sp³-hybridized carbons (Fsp3) is 0.429. The van der Waals surface area contributed by atoms with E-state index < -0.39 is 30.7 Å². The first-order valence-electron chi connectivity index (χ1n) is 7.16. The highest BCUT2D eigenvalue weighted by Crippen LogP contribution is 2.45. The Labute approximate surface area is 157 Å². The van der Waals surface area contributed by atoms with Crippen LogP contribution in [0.1, 0.15) is 12.5 Å². The molecule has 1 aromatic rings. The van der Waals surface area contributed by atoms with Crippen LogP contribution in [0.2, 0.25) is 5.02 Å². The van der Waals surface area contributed by atoms with Gasteiger partial charge in [0.25, 0.3) is 0 Å². The van der Waals surface area contributed by atoms with Crippen molar-refractivity contribution in [3.8, 4) is 11.5 Å². The zero-order valence-corrected chi connectivity index (χ0v) is 14.5. The first kappa shape index (κ1) is 23.6. The Morgan fingerprint density at radius 1 is 1.21 bits per heavy atom. The van der Waals surface area contributed by atoms with Crippen molar-refractivity contribution in [1.82, 2.24) is 5.43 Å². The molecule has 0 aliphatic heterocycles. The number of aliphatic carboxylic acids is 1. The number of nitrogens with zero attached hydrogens (tertiary/aromatic N) is 1. The molecule has 0 fully saturated rings. The third-order valence-electron chi connectivity index (χ3n) is 2.84. The summed E-state index contributed by atoms with van der Waals surface area (Å²) in [4.78, 5) is 10.6. The zero-order chi connectivity index (χ0) is 21.8. The summed E-state index contributed by atoms with van der Waals surface area (Å²) in [6, 6.07) is -3.65. The molecule has 1 aromatic carbocycles. The van der Waals surface area contributed by atoms with Crippen LogP contribution in [0, 0.1) is 0 Å². The van der Waals surface area contributed by atoms with Crippen LogP contribution in [-0.2, 0) is 4.79 Å². The second-order valence-electron chi connectivity index (χ2n) is 4.96. The van der Waals surface area contributed by atoms with E-state index in [-0.39, 0.29) is 28.7 Å². The van der Waals surface area contributed by atoms with E-state index in [0.29, 0.717) is 11.6 Å². The molecule has 0 amide bonds. The van der Waals surface area contributed by atoms with Crippen LogP contribution in [0.3, 0.4) is 0 Å². The maximum Gasteiger partial charge on any atom is 0.462 e. The van der Waals surface area contributed by atoms with Gasteiger partial charge in [0, 0.05) is 0 Å². The van der Waals surface area contributed by atoms with Gasteiger partial charge in [0.2, 0.25) is 0 Å². The topological polar surface area (TPSA) is 80.1 Å². The summed E-state index contributed by atoms with van der Waals surface area (Å²) in [7, 11) is 0. The molecule has 0 unspecified atom stereocenters. The smallest absolute Gasteiger partial charge is 0.462 e. The predicted molar refractivity (Wildman–Crippen MR) is 82.4 cm³/mol.